The molecule has 2 N–H and O–H groups in total. The molecule has 0 aliphatic heterocycles. The maximum atomic E-state index is 12.2. The summed E-state index contributed by atoms with van der Waals surface area (Å²) in [6.45, 7) is 2.05. The number of benzene rings is 1. The first-order chi connectivity index (χ1) is 9.53. The first-order valence-corrected chi connectivity index (χ1v) is 7.14. The zero-order chi connectivity index (χ0) is 14.3. The van der Waals surface area contributed by atoms with E-state index in [1.54, 1.807) is 0 Å². The molecular formula is C16H19NO3. The lowest BCUT2D eigenvalue weighted by atomic mass is 9.76. The molecule has 2 aliphatic carbocycles. The Morgan fingerprint density at radius 3 is 2.55 bits per heavy atom. The van der Waals surface area contributed by atoms with Crippen molar-refractivity contribution >= 4 is 11.9 Å². The van der Waals surface area contributed by atoms with Gasteiger partial charge in [0.25, 0.3) is 0 Å². The first kappa shape index (κ1) is 13.2. The minimum atomic E-state index is -0.990. The van der Waals surface area contributed by atoms with Gasteiger partial charge in [-0.2, -0.15) is 0 Å². The fourth-order valence-electron chi connectivity index (χ4n) is 3.08. The number of aryl methyl sites for hydroxylation is 1. The van der Waals surface area contributed by atoms with E-state index in [0.29, 0.717) is 12.8 Å². The van der Waals surface area contributed by atoms with Gasteiger partial charge < -0.3 is 10.4 Å². The molecule has 106 valence electrons. The van der Waals surface area contributed by atoms with E-state index in [1.165, 1.54) is 11.1 Å². The van der Waals surface area contributed by atoms with Crippen LogP contribution in [0.5, 0.6) is 0 Å². The number of rotatable bonds is 4. The molecule has 4 nitrogen and oxygen atoms in total. The van der Waals surface area contributed by atoms with Crippen molar-refractivity contribution in [1.29, 1.82) is 0 Å². The summed E-state index contributed by atoms with van der Waals surface area (Å²) in [7, 11) is 0. The fraction of sp³-hybridized carbons (Fsp3) is 0.500. The standard InChI is InChI=1S/C16H19NO3/c1-10-5-2-3-6-11(10)12-9-13(12)14(18)17-16(15(19)20)7-4-8-16/h2-3,5-6,12-13H,4,7-9H2,1H3,(H,17,18)(H,19,20). The van der Waals surface area contributed by atoms with Gasteiger partial charge in [-0.05, 0) is 49.7 Å². The Bertz CT molecular complexity index is 563. The minimum Gasteiger partial charge on any atom is -0.480 e. The van der Waals surface area contributed by atoms with E-state index in [2.05, 4.69) is 11.4 Å². The molecule has 0 radical (unpaired) electrons. The number of hydrogen-bond donors (Lipinski definition) is 2. The topological polar surface area (TPSA) is 66.4 Å². The van der Waals surface area contributed by atoms with Crippen molar-refractivity contribution in [2.24, 2.45) is 5.92 Å². The van der Waals surface area contributed by atoms with Crippen LogP contribution in [0.25, 0.3) is 0 Å². The molecule has 1 amide bonds. The van der Waals surface area contributed by atoms with Crippen molar-refractivity contribution in [3.63, 3.8) is 0 Å². The molecule has 2 atom stereocenters. The van der Waals surface area contributed by atoms with Crippen LogP contribution in [0.3, 0.4) is 0 Å². The molecule has 2 saturated carbocycles. The van der Waals surface area contributed by atoms with Gasteiger partial charge in [-0.3, -0.25) is 4.79 Å². The van der Waals surface area contributed by atoms with E-state index in [-0.39, 0.29) is 17.7 Å². The Labute approximate surface area is 118 Å². The smallest absolute Gasteiger partial charge is 0.329 e. The molecule has 4 heteroatoms. The summed E-state index contributed by atoms with van der Waals surface area (Å²) >= 11 is 0. The highest BCUT2D eigenvalue weighted by Crippen LogP contribution is 2.49. The minimum absolute atomic E-state index is 0.0621. The summed E-state index contributed by atoms with van der Waals surface area (Å²) in [6.07, 6.45) is 2.80. The van der Waals surface area contributed by atoms with Crippen LogP contribution in [-0.2, 0) is 9.59 Å². The summed E-state index contributed by atoms with van der Waals surface area (Å²) in [5.41, 5.74) is 1.42. The number of amides is 1. The van der Waals surface area contributed by atoms with Crippen molar-refractivity contribution in [1.82, 2.24) is 5.32 Å². The number of carbonyl (C=O) groups excluding carboxylic acids is 1. The van der Waals surface area contributed by atoms with E-state index < -0.39 is 11.5 Å². The van der Waals surface area contributed by atoms with E-state index in [0.717, 1.165) is 12.8 Å². The second-order valence-electron chi connectivity index (χ2n) is 6.04. The van der Waals surface area contributed by atoms with Gasteiger partial charge >= 0.3 is 5.97 Å². The second kappa shape index (κ2) is 4.62. The Hall–Kier alpha value is -1.84. The lowest BCUT2D eigenvalue weighted by Gasteiger charge is -2.38. The molecule has 0 saturated heterocycles. The van der Waals surface area contributed by atoms with Gasteiger partial charge in [0.1, 0.15) is 5.54 Å². The number of carboxylic acid groups (broad SMARTS) is 1. The fourth-order valence-corrected chi connectivity index (χ4v) is 3.08. The van der Waals surface area contributed by atoms with Gasteiger partial charge in [-0.25, -0.2) is 4.79 Å². The molecule has 2 unspecified atom stereocenters. The first-order valence-electron chi connectivity index (χ1n) is 7.14. The largest absolute Gasteiger partial charge is 0.480 e. The zero-order valence-corrected chi connectivity index (χ0v) is 11.6. The third kappa shape index (κ3) is 2.09. The lowest BCUT2D eigenvalue weighted by Crippen LogP contribution is -2.59. The molecule has 1 aromatic rings. The van der Waals surface area contributed by atoms with Crippen LogP contribution in [0.1, 0.15) is 42.7 Å². The monoisotopic (exact) mass is 273 g/mol. The Balaban J connectivity index is 1.66. The average molecular weight is 273 g/mol. The molecular weight excluding hydrogens is 254 g/mol. The molecule has 1 aromatic carbocycles. The van der Waals surface area contributed by atoms with Crippen LogP contribution in [-0.4, -0.2) is 22.5 Å². The predicted molar refractivity (Wildman–Crippen MR) is 74.4 cm³/mol. The molecule has 0 aromatic heterocycles. The van der Waals surface area contributed by atoms with Gasteiger partial charge in [0, 0.05) is 5.92 Å². The van der Waals surface area contributed by atoms with Gasteiger partial charge in [-0.1, -0.05) is 24.3 Å². The van der Waals surface area contributed by atoms with E-state index in [1.807, 2.05) is 25.1 Å². The van der Waals surface area contributed by atoms with E-state index >= 15 is 0 Å². The molecule has 3 rings (SSSR count). The quantitative estimate of drug-likeness (QED) is 0.884. The summed E-state index contributed by atoms with van der Waals surface area (Å²) in [4.78, 5) is 23.5. The average Bonchev–Trinajstić information content (AvgIpc) is 3.13. The normalized spacial score (nSPS) is 26.4. The van der Waals surface area contributed by atoms with Crippen LogP contribution in [0.4, 0.5) is 0 Å². The summed E-state index contributed by atoms with van der Waals surface area (Å²) < 4.78 is 0. The van der Waals surface area contributed by atoms with Gasteiger partial charge in [0.05, 0.1) is 0 Å². The molecule has 2 aliphatic rings. The summed E-state index contributed by atoms with van der Waals surface area (Å²) in [5, 5.41) is 12.0. The SMILES string of the molecule is Cc1ccccc1C1CC1C(=O)NC1(C(=O)O)CCC1. The molecule has 0 bridgehead atoms. The van der Waals surface area contributed by atoms with Crippen LogP contribution < -0.4 is 5.32 Å². The Morgan fingerprint density at radius 2 is 2.00 bits per heavy atom. The molecule has 0 heterocycles. The van der Waals surface area contributed by atoms with Crippen LogP contribution >= 0.6 is 0 Å². The maximum absolute atomic E-state index is 12.2. The van der Waals surface area contributed by atoms with E-state index in [9.17, 15) is 14.7 Å². The van der Waals surface area contributed by atoms with Crippen molar-refractivity contribution in [2.75, 3.05) is 0 Å². The number of aliphatic carboxylic acids is 1. The van der Waals surface area contributed by atoms with Gasteiger partial charge in [0.15, 0.2) is 0 Å². The molecule has 20 heavy (non-hydrogen) atoms. The summed E-state index contributed by atoms with van der Waals surface area (Å²) in [5.74, 6) is -0.805. The van der Waals surface area contributed by atoms with Gasteiger partial charge in [-0.15, -0.1) is 0 Å². The van der Waals surface area contributed by atoms with E-state index in [4.69, 9.17) is 0 Å². The molecule has 2 fully saturated rings. The third-order valence-corrected chi connectivity index (χ3v) is 4.69. The highest BCUT2D eigenvalue weighted by molar-refractivity contribution is 5.90. The van der Waals surface area contributed by atoms with Gasteiger partial charge in [0.2, 0.25) is 5.91 Å². The summed E-state index contributed by atoms with van der Waals surface area (Å²) in [6, 6.07) is 8.08. The highest BCUT2D eigenvalue weighted by Gasteiger charge is 2.51. The second-order valence-corrected chi connectivity index (χ2v) is 6.04. The molecule has 0 spiro atoms. The number of carboxylic acids is 1. The van der Waals surface area contributed by atoms with Crippen LogP contribution in [0.2, 0.25) is 0 Å². The number of nitrogens with one attached hydrogen (secondary N) is 1. The number of hydrogen-bond acceptors (Lipinski definition) is 2. The Kier molecular flexibility index (Phi) is 3.04. The number of carbonyl (C=O) groups is 2. The third-order valence-electron chi connectivity index (χ3n) is 4.69. The van der Waals surface area contributed by atoms with Crippen molar-refractivity contribution in [3.8, 4) is 0 Å². The lowest BCUT2D eigenvalue weighted by molar-refractivity contribution is -0.152. The van der Waals surface area contributed by atoms with Crippen molar-refractivity contribution in [3.05, 3.63) is 35.4 Å². The predicted octanol–water partition coefficient (Wildman–Crippen LogP) is 2.22. The van der Waals surface area contributed by atoms with Crippen LogP contribution in [0, 0.1) is 12.8 Å². The van der Waals surface area contributed by atoms with Crippen molar-refractivity contribution in [2.45, 2.75) is 44.1 Å². The Morgan fingerprint density at radius 1 is 1.30 bits per heavy atom. The highest BCUT2D eigenvalue weighted by atomic mass is 16.4. The zero-order valence-electron chi connectivity index (χ0n) is 11.6. The van der Waals surface area contributed by atoms with Crippen LogP contribution in [0.15, 0.2) is 24.3 Å². The van der Waals surface area contributed by atoms with Crippen molar-refractivity contribution < 1.29 is 14.7 Å². The maximum Gasteiger partial charge on any atom is 0.329 e.